The molecule has 0 unspecified atom stereocenters. The number of hydrogen-bond donors (Lipinski definition) is 2. The number of aliphatic hydroxyl groups excluding tert-OH is 1. The number of aliphatic hydroxyl groups is 1. The van der Waals surface area contributed by atoms with Crippen LogP contribution in [-0.2, 0) is 6.42 Å². The Kier molecular flexibility index (Phi) is 6.38. The van der Waals surface area contributed by atoms with Gasteiger partial charge in [0, 0.05) is 29.0 Å². The number of halogens is 1. The Hall–Kier alpha value is -2.08. The van der Waals surface area contributed by atoms with Gasteiger partial charge in [-0.1, -0.05) is 23.7 Å². The average Bonchev–Trinajstić information content (AvgIpc) is 2.75. The summed E-state index contributed by atoms with van der Waals surface area (Å²) in [5.74, 6) is 1.35. The van der Waals surface area contributed by atoms with Gasteiger partial charge in [-0.15, -0.1) is 11.8 Å². The fourth-order valence-electron chi connectivity index (χ4n) is 3.23. The first-order valence-corrected chi connectivity index (χ1v) is 11.6. The van der Waals surface area contributed by atoms with Gasteiger partial charge in [-0.05, 0) is 78.6 Å². The molecule has 3 aromatic carbocycles. The highest BCUT2D eigenvalue weighted by molar-refractivity contribution is 8.00. The van der Waals surface area contributed by atoms with Gasteiger partial charge in [-0.2, -0.15) is 4.99 Å². The van der Waals surface area contributed by atoms with Crippen LogP contribution >= 0.6 is 35.3 Å². The van der Waals surface area contributed by atoms with Crippen LogP contribution in [0.5, 0.6) is 0 Å². The van der Waals surface area contributed by atoms with Crippen molar-refractivity contribution in [1.29, 1.82) is 0 Å². The zero-order valence-electron chi connectivity index (χ0n) is 16.1. The van der Waals surface area contributed by atoms with Gasteiger partial charge in [0.05, 0.1) is 16.3 Å². The number of nitrogens with zero attached hydrogens (tertiary/aromatic N) is 1. The molecular weight excluding hydrogens is 420 g/mol. The van der Waals surface area contributed by atoms with E-state index in [4.69, 9.17) is 11.6 Å². The largest absolute Gasteiger partial charge is 0.459 e. The summed E-state index contributed by atoms with van der Waals surface area (Å²) in [6, 6.07) is 21.9. The van der Waals surface area contributed by atoms with Gasteiger partial charge in [0.1, 0.15) is 0 Å². The van der Waals surface area contributed by atoms with Crippen molar-refractivity contribution < 1.29 is 10.1 Å². The van der Waals surface area contributed by atoms with E-state index < -0.39 is 0 Å². The number of hydrogen-bond acceptors (Lipinski definition) is 3. The van der Waals surface area contributed by atoms with Crippen LogP contribution in [0.2, 0.25) is 5.02 Å². The van der Waals surface area contributed by atoms with Crippen molar-refractivity contribution in [1.82, 2.24) is 0 Å². The number of anilines is 1. The summed E-state index contributed by atoms with van der Waals surface area (Å²) in [4.78, 5) is 5.52. The van der Waals surface area contributed by atoms with Crippen molar-refractivity contribution in [3.8, 4) is 0 Å². The molecule has 1 aliphatic heterocycles. The van der Waals surface area contributed by atoms with Gasteiger partial charge in [0.2, 0.25) is 5.69 Å². The molecule has 1 aliphatic rings. The Morgan fingerprint density at radius 3 is 2.69 bits per heavy atom. The first-order valence-electron chi connectivity index (χ1n) is 9.45. The van der Waals surface area contributed by atoms with Crippen LogP contribution in [0.25, 0.3) is 0 Å². The Labute approximate surface area is 184 Å². The maximum atomic E-state index is 10.5. The monoisotopic (exact) mass is 441 g/mol. The molecule has 0 spiro atoms. The quantitative estimate of drug-likeness (QED) is 0.322. The number of para-hydroxylation sites is 1. The highest BCUT2D eigenvalue weighted by Crippen LogP contribution is 2.32. The minimum Gasteiger partial charge on any atom is -0.459 e. The normalized spacial score (nSPS) is 13.8. The number of nitrogens with one attached hydrogen (secondary N) is 1. The molecule has 3 nitrogen and oxygen atoms in total. The van der Waals surface area contributed by atoms with E-state index >= 15 is 0 Å². The van der Waals surface area contributed by atoms with E-state index in [-0.39, 0.29) is 5.90 Å². The third-order valence-corrected chi connectivity index (χ3v) is 7.21. The smallest absolute Gasteiger partial charge is 0.371 e. The molecule has 4 rings (SSSR count). The van der Waals surface area contributed by atoms with Gasteiger partial charge < -0.3 is 9.41 Å². The predicted octanol–water partition coefficient (Wildman–Crippen LogP) is 5.24. The minimum absolute atomic E-state index is 0.178. The first kappa shape index (κ1) is 20.2. The predicted molar refractivity (Wildman–Crippen MR) is 125 cm³/mol. The molecule has 0 saturated heterocycles. The summed E-state index contributed by atoms with van der Waals surface area (Å²) in [7, 11) is 1.99. The van der Waals surface area contributed by atoms with Crippen molar-refractivity contribution in [2.75, 3.05) is 17.1 Å². The lowest BCUT2D eigenvalue weighted by Crippen LogP contribution is -2.66. The van der Waals surface area contributed by atoms with Crippen LogP contribution in [0.1, 0.15) is 17.5 Å². The number of fused-ring (bicyclic) bond motifs is 1. The summed E-state index contributed by atoms with van der Waals surface area (Å²) in [6.07, 6.45) is 2.27. The lowest BCUT2D eigenvalue weighted by molar-refractivity contribution is -0.364. The molecule has 148 valence electrons. The lowest BCUT2D eigenvalue weighted by Gasteiger charge is -2.18. The number of aryl methyl sites for hydroxylation is 1. The van der Waals surface area contributed by atoms with Crippen molar-refractivity contribution >= 4 is 52.6 Å². The van der Waals surface area contributed by atoms with Crippen LogP contribution in [0.15, 0.2) is 76.5 Å². The molecule has 0 aliphatic carbocycles. The molecule has 0 radical (unpaired) electrons. The second kappa shape index (κ2) is 9.16. The van der Waals surface area contributed by atoms with Crippen LogP contribution in [0.3, 0.4) is 0 Å². The number of benzene rings is 3. The fourth-order valence-corrected chi connectivity index (χ4v) is 5.39. The maximum Gasteiger partial charge on any atom is 0.371 e. The molecule has 0 atom stereocenters. The van der Waals surface area contributed by atoms with Crippen LogP contribution < -0.4 is 9.30 Å². The second-order valence-electron chi connectivity index (χ2n) is 6.81. The molecular formula is C23H22ClN2OS2+. The molecule has 0 bridgehead atoms. The van der Waals surface area contributed by atoms with Crippen LogP contribution in [0, 0.1) is 0 Å². The Morgan fingerprint density at radius 2 is 1.90 bits per heavy atom. The molecule has 6 heteroatoms. The zero-order valence-corrected chi connectivity index (χ0v) is 18.4. The molecule has 1 heterocycles. The Bertz CT molecular complexity index is 1040. The van der Waals surface area contributed by atoms with Crippen molar-refractivity contribution in [2.24, 2.45) is 0 Å². The van der Waals surface area contributed by atoms with Crippen molar-refractivity contribution in [3.63, 3.8) is 0 Å². The molecule has 0 saturated carbocycles. The first-order chi connectivity index (χ1) is 14.1. The van der Waals surface area contributed by atoms with Gasteiger partial charge >= 0.3 is 5.90 Å². The van der Waals surface area contributed by atoms with E-state index in [9.17, 15) is 5.11 Å². The maximum absolute atomic E-state index is 10.5. The molecule has 29 heavy (non-hydrogen) atoms. The second-order valence-corrected chi connectivity index (χ2v) is 9.56. The van der Waals surface area contributed by atoms with Crippen molar-refractivity contribution in [2.45, 2.75) is 22.6 Å². The summed E-state index contributed by atoms with van der Waals surface area (Å²) >= 11 is 9.77. The van der Waals surface area contributed by atoms with E-state index in [2.05, 4.69) is 17.1 Å². The van der Waals surface area contributed by atoms with E-state index in [1.54, 1.807) is 11.9 Å². The van der Waals surface area contributed by atoms with E-state index in [1.165, 1.54) is 22.6 Å². The van der Waals surface area contributed by atoms with E-state index in [1.807, 2.05) is 77.7 Å². The highest BCUT2D eigenvalue weighted by atomic mass is 35.5. The van der Waals surface area contributed by atoms with E-state index in [0.717, 1.165) is 33.3 Å². The summed E-state index contributed by atoms with van der Waals surface area (Å²) < 4.78 is 2.04. The van der Waals surface area contributed by atoms with Crippen molar-refractivity contribution in [3.05, 3.63) is 82.9 Å². The molecule has 2 N–H and O–H groups in total. The topological polar surface area (TPSA) is 37.4 Å². The number of thioether (sulfide) groups is 1. The third-order valence-electron chi connectivity index (χ3n) is 4.73. The number of rotatable bonds is 5. The summed E-state index contributed by atoms with van der Waals surface area (Å²) in [5.41, 5.74) is 3.96. The zero-order chi connectivity index (χ0) is 20.2. The van der Waals surface area contributed by atoms with Crippen LogP contribution in [0.4, 0.5) is 11.4 Å². The fraction of sp³-hybridized carbons (Fsp3) is 0.174. The van der Waals surface area contributed by atoms with Gasteiger partial charge in [-0.25, -0.2) is 0 Å². The Morgan fingerprint density at radius 1 is 1.10 bits per heavy atom. The standard InChI is InChI=1S/C23H21ClN2OS2/c1-26(21-7-3-2-6-20(21)24)29-19-11-9-18(10-12-19)25-23(27)17-8-13-22-16(15-17)5-4-14-28-22/h2-3,6-13,15H,4-5,14H2,1H3,(H,25,27)/p+1. The molecule has 0 fully saturated rings. The van der Waals surface area contributed by atoms with Gasteiger partial charge in [0.25, 0.3) is 0 Å². The lowest BCUT2D eigenvalue weighted by atomic mass is 10.1. The van der Waals surface area contributed by atoms with Crippen LogP contribution in [-0.4, -0.2) is 23.8 Å². The summed E-state index contributed by atoms with van der Waals surface area (Å²) in [5, 5.41) is 11.3. The molecule has 3 aromatic rings. The third kappa shape index (κ3) is 4.92. The highest BCUT2D eigenvalue weighted by Gasteiger charge is 2.15. The average molecular weight is 442 g/mol. The molecule has 0 aromatic heterocycles. The molecule has 0 amide bonds. The summed E-state index contributed by atoms with van der Waals surface area (Å²) in [6.45, 7) is 0. The SMILES string of the molecule is CN(Sc1ccc([NH+]=C(O)c2ccc3c(c2)CCCS3)cc1)c1ccccc1Cl. The van der Waals surface area contributed by atoms with Gasteiger partial charge in [-0.3, -0.25) is 0 Å². The van der Waals surface area contributed by atoms with Gasteiger partial charge in [0.15, 0.2) is 0 Å². The Balaban J connectivity index is 1.47. The minimum atomic E-state index is 0.178. The van der Waals surface area contributed by atoms with E-state index in [0.29, 0.717) is 0 Å².